The number of nitrogens with zero attached hydrogens (tertiary/aromatic N) is 1. The smallest absolute Gasteiger partial charge is 0.410 e. The predicted molar refractivity (Wildman–Crippen MR) is 109 cm³/mol. The van der Waals surface area contributed by atoms with Crippen molar-refractivity contribution in [2.24, 2.45) is 5.92 Å². The van der Waals surface area contributed by atoms with Gasteiger partial charge in [0.2, 0.25) is 5.91 Å². The Morgan fingerprint density at radius 1 is 1.39 bits per heavy atom. The van der Waals surface area contributed by atoms with Crippen molar-refractivity contribution in [3.8, 4) is 0 Å². The van der Waals surface area contributed by atoms with E-state index in [1.54, 1.807) is 0 Å². The third-order valence-electron chi connectivity index (χ3n) is 6.18. The van der Waals surface area contributed by atoms with Crippen molar-refractivity contribution in [2.75, 3.05) is 13.2 Å². The van der Waals surface area contributed by atoms with Crippen molar-refractivity contribution in [1.82, 2.24) is 10.2 Å². The molecule has 158 valence electrons. The van der Waals surface area contributed by atoms with Crippen molar-refractivity contribution in [3.05, 3.63) is 12.7 Å². The zero-order chi connectivity index (χ0) is 21.3. The minimum atomic E-state index is -2.08. The molecule has 2 amide bonds. The Morgan fingerprint density at radius 2 is 2.04 bits per heavy atom. The lowest BCUT2D eigenvalue weighted by Crippen LogP contribution is -2.73. The van der Waals surface area contributed by atoms with Crippen LogP contribution in [0.3, 0.4) is 0 Å². The summed E-state index contributed by atoms with van der Waals surface area (Å²) >= 11 is 0. The van der Waals surface area contributed by atoms with Crippen molar-refractivity contribution in [1.29, 1.82) is 0 Å². The number of carbonyl (C=O) groups excluding carboxylic acids is 3. The van der Waals surface area contributed by atoms with Gasteiger partial charge in [-0.1, -0.05) is 33.4 Å². The molecule has 2 saturated heterocycles. The molecule has 0 saturated carbocycles. The standard InChI is InChI=1S/C20H34N2O5Si/c1-8-12-26-19(25)22-11-9-10-14(23)17(22)16-15(18(24)21-16)13(2)27-28(6,7)20(3,4)5/h8,13,15-17H,1,9-12H2,2-7H3,(H,21,24)/t13-,15-,16+,17?/m1/s1. The Morgan fingerprint density at radius 3 is 2.57 bits per heavy atom. The monoisotopic (exact) mass is 410 g/mol. The van der Waals surface area contributed by atoms with Crippen LogP contribution < -0.4 is 5.32 Å². The summed E-state index contributed by atoms with van der Waals surface area (Å²) in [6.07, 6.45) is 1.60. The van der Waals surface area contributed by atoms with Gasteiger partial charge in [-0.05, 0) is 31.5 Å². The molecule has 0 aromatic rings. The van der Waals surface area contributed by atoms with E-state index in [0.29, 0.717) is 19.4 Å². The highest BCUT2D eigenvalue weighted by molar-refractivity contribution is 6.74. The topological polar surface area (TPSA) is 84.9 Å². The quantitative estimate of drug-likeness (QED) is 0.413. The average Bonchev–Trinajstić information content (AvgIpc) is 2.56. The lowest BCUT2D eigenvalue weighted by Gasteiger charge is -2.50. The highest BCUT2D eigenvalue weighted by Gasteiger charge is 2.54. The van der Waals surface area contributed by atoms with Gasteiger partial charge in [0.1, 0.15) is 12.6 Å². The molecule has 7 nitrogen and oxygen atoms in total. The first-order valence-electron chi connectivity index (χ1n) is 9.96. The highest BCUT2D eigenvalue weighted by Crippen LogP contribution is 2.39. The molecule has 0 aromatic carbocycles. The molecule has 2 heterocycles. The van der Waals surface area contributed by atoms with Crippen LogP contribution in [0.5, 0.6) is 0 Å². The highest BCUT2D eigenvalue weighted by atomic mass is 28.4. The van der Waals surface area contributed by atoms with Gasteiger partial charge in [-0.25, -0.2) is 4.79 Å². The van der Waals surface area contributed by atoms with E-state index in [2.05, 4.69) is 45.8 Å². The van der Waals surface area contributed by atoms with Gasteiger partial charge >= 0.3 is 6.09 Å². The van der Waals surface area contributed by atoms with Gasteiger partial charge in [0.25, 0.3) is 0 Å². The molecule has 0 spiro atoms. The Hall–Kier alpha value is -1.67. The molecular formula is C20H34N2O5Si. The number of rotatable bonds is 6. The van der Waals surface area contributed by atoms with Crippen LogP contribution in [0.15, 0.2) is 12.7 Å². The Balaban J connectivity index is 2.19. The van der Waals surface area contributed by atoms with E-state index in [-0.39, 0.29) is 29.4 Å². The third kappa shape index (κ3) is 4.49. The van der Waals surface area contributed by atoms with Gasteiger partial charge < -0.3 is 14.5 Å². The Kier molecular flexibility index (Phi) is 6.76. The number of piperidine rings is 1. The zero-order valence-electron chi connectivity index (χ0n) is 17.9. The van der Waals surface area contributed by atoms with Crippen molar-refractivity contribution in [3.63, 3.8) is 0 Å². The molecule has 1 N–H and O–H groups in total. The fourth-order valence-corrected chi connectivity index (χ4v) is 5.04. The first kappa shape index (κ1) is 22.6. The van der Waals surface area contributed by atoms with E-state index in [0.717, 1.165) is 0 Å². The summed E-state index contributed by atoms with van der Waals surface area (Å²) in [7, 11) is -2.08. The summed E-state index contributed by atoms with van der Waals surface area (Å²) in [5.74, 6) is -0.638. The lowest BCUT2D eigenvalue weighted by molar-refractivity contribution is -0.146. The summed E-state index contributed by atoms with van der Waals surface area (Å²) < 4.78 is 11.6. The van der Waals surface area contributed by atoms with Crippen LogP contribution in [0.25, 0.3) is 0 Å². The molecule has 28 heavy (non-hydrogen) atoms. The largest absolute Gasteiger partial charge is 0.445 e. The molecule has 0 aliphatic carbocycles. The molecular weight excluding hydrogens is 376 g/mol. The number of hydrogen-bond acceptors (Lipinski definition) is 5. The maximum Gasteiger partial charge on any atom is 0.410 e. The second kappa shape index (κ2) is 8.37. The van der Waals surface area contributed by atoms with Crippen LogP contribution in [-0.2, 0) is 18.8 Å². The fraction of sp³-hybridized carbons (Fsp3) is 0.750. The number of likely N-dealkylation sites (tertiary alicyclic amines) is 1. The number of hydrogen-bond donors (Lipinski definition) is 1. The SMILES string of the molecule is C=CCOC(=O)N1CCCC(=O)C1[C@H]1NC(=O)[C@@H]1[C@@H](C)O[Si](C)(C)C(C)(C)C. The molecule has 0 aromatic heterocycles. The van der Waals surface area contributed by atoms with Gasteiger partial charge in [-0.2, -0.15) is 0 Å². The predicted octanol–water partition coefficient (Wildman–Crippen LogP) is 2.87. The minimum absolute atomic E-state index is 0.0121. The molecule has 2 fully saturated rings. The van der Waals surface area contributed by atoms with Gasteiger partial charge in [0, 0.05) is 13.0 Å². The molecule has 0 bridgehead atoms. The van der Waals surface area contributed by atoms with E-state index in [1.165, 1.54) is 11.0 Å². The first-order valence-corrected chi connectivity index (χ1v) is 12.9. The molecule has 8 heteroatoms. The van der Waals surface area contributed by atoms with Crippen molar-refractivity contribution in [2.45, 2.75) is 76.9 Å². The van der Waals surface area contributed by atoms with Crippen LogP contribution in [-0.4, -0.2) is 62.3 Å². The van der Waals surface area contributed by atoms with Crippen LogP contribution in [0.4, 0.5) is 4.79 Å². The summed E-state index contributed by atoms with van der Waals surface area (Å²) in [6, 6.07) is -1.16. The lowest BCUT2D eigenvalue weighted by atomic mass is 9.78. The number of Topliss-reactive ketones (excluding diaryl/α,β-unsaturated/α-hetero) is 1. The van der Waals surface area contributed by atoms with Crippen LogP contribution in [0, 0.1) is 5.92 Å². The average molecular weight is 411 g/mol. The van der Waals surface area contributed by atoms with E-state index < -0.39 is 32.4 Å². The molecule has 2 aliphatic rings. The summed E-state index contributed by atoms with van der Waals surface area (Å²) in [6.45, 7) is 16.7. The number of β-lactam (4-membered cyclic amide) rings is 1. The third-order valence-corrected chi connectivity index (χ3v) is 10.8. The molecule has 2 aliphatic heterocycles. The maximum absolute atomic E-state index is 12.7. The van der Waals surface area contributed by atoms with E-state index >= 15 is 0 Å². The Bertz CT molecular complexity index is 643. The van der Waals surface area contributed by atoms with Gasteiger partial charge in [-0.3, -0.25) is 14.5 Å². The molecule has 1 unspecified atom stereocenters. The Labute approximate surface area is 168 Å². The summed E-state index contributed by atoms with van der Waals surface area (Å²) in [5.41, 5.74) is 0. The normalized spacial score (nSPS) is 26.9. The maximum atomic E-state index is 12.7. The van der Waals surface area contributed by atoms with Crippen molar-refractivity contribution < 1.29 is 23.5 Å². The van der Waals surface area contributed by atoms with Gasteiger partial charge in [0.05, 0.1) is 18.1 Å². The first-order chi connectivity index (χ1) is 12.9. The van der Waals surface area contributed by atoms with Gasteiger partial charge in [-0.15, -0.1) is 0 Å². The van der Waals surface area contributed by atoms with E-state index in [4.69, 9.17) is 9.16 Å². The molecule has 0 radical (unpaired) electrons. The van der Waals surface area contributed by atoms with Crippen LogP contribution in [0.1, 0.15) is 40.5 Å². The van der Waals surface area contributed by atoms with Gasteiger partial charge in [0.15, 0.2) is 14.1 Å². The second-order valence-corrected chi connectivity index (χ2v) is 14.0. The van der Waals surface area contributed by atoms with Crippen LogP contribution in [0.2, 0.25) is 18.1 Å². The minimum Gasteiger partial charge on any atom is -0.445 e. The number of amides is 2. The van der Waals surface area contributed by atoms with Crippen LogP contribution >= 0.6 is 0 Å². The number of ketones is 1. The number of nitrogens with one attached hydrogen (secondary N) is 1. The number of carbonyl (C=O) groups is 3. The fourth-order valence-electron chi connectivity index (χ4n) is 3.61. The molecule has 2 rings (SSSR count). The summed E-state index contributed by atoms with van der Waals surface area (Å²) in [5, 5.41) is 2.86. The van der Waals surface area contributed by atoms with Crippen molar-refractivity contribution >= 4 is 26.1 Å². The zero-order valence-corrected chi connectivity index (χ0v) is 18.9. The molecule has 4 atom stereocenters. The second-order valence-electron chi connectivity index (χ2n) is 9.22. The number of ether oxygens (including phenoxy) is 1. The summed E-state index contributed by atoms with van der Waals surface area (Å²) in [4.78, 5) is 39.0. The van der Waals surface area contributed by atoms with E-state index in [1.807, 2.05) is 6.92 Å². The van der Waals surface area contributed by atoms with E-state index in [9.17, 15) is 14.4 Å².